The van der Waals surface area contributed by atoms with Crippen LogP contribution in [-0.4, -0.2) is 18.7 Å². The zero-order chi connectivity index (χ0) is 10.4. The normalized spacial score (nSPS) is 8.64. The third-order valence-corrected chi connectivity index (χ3v) is 1.38. The van der Waals surface area contributed by atoms with Gasteiger partial charge in [0.05, 0.1) is 6.54 Å². The van der Waals surface area contributed by atoms with Crippen molar-refractivity contribution in [3.63, 3.8) is 0 Å². The molecule has 0 aliphatic heterocycles. The Morgan fingerprint density at radius 1 is 1.64 bits per heavy atom. The molecule has 0 bridgehead atoms. The number of nitrogens with one attached hydrogen (secondary N) is 1. The Morgan fingerprint density at radius 3 is 3.00 bits per heavy atom. The largest absolute Gasteiger partial charge is 0.445 e. The number of carbonyl (C=O) groups excluding carboxylic acids is 2. The summed E-state index contributed by atoms with van der Waals surface area (Å²) in [6.07, 6.45) is 0.610. The van der Waals surface area contributed by atoms with E-state index in [2.05, 4.69) is 17.2 Å². The minimum absolute atomic E-state index is 0.132. The summed E-state index contributed by atoms with van der Waals surface area (Å²) in [5.41, 5.74) is 0. The van der Waals surface area contributed by atoms with Crippen molar-refractivity contribution in [3.8, 4) is 11.8 Å². The van der Waals surface area contributed by atoms with Crippen molar-refractivity contribution in [2.45, 2.75) is 6.92 Å². The van der Waals surface area contributed by atoms with E-state index in [-0.39, 0.29) is 18.2 Å². The molecule has 0 unspecified atom stereocenters. The molecule has 0 atom stereocenters. The molecule has 1 amide bonds. The molecule has 0 saturated carbocycles. The Labute approximate surface area is 81.3 Å². The second-order valence-corrected chi connectivity index (χ2v) is 2.53. The van der Waals surface area contributed by atoms with Gasteiger partial charge in [-0.25, -0.2) is 0 Å². The SMILES string of the molecule is CC(=O)NCC#Cc1ccc(C=O)o1. The fourth-order valence-corrected chi connectivity index (χ4v) is 0.783. The lowest BCUT2D eigenvalue weighted by molar-refractivity contribution is -0.118. The molecule has 1 rings (SSSR count). The van der Waals surface area contributed by atoms with Crippen LogP contribution in [0.15, 0.2) is 16.5 Å². The van der Waals surface area contributed by atoms with Gasteiger partial charge in [-0.3, -0.25) is 9.59 Å². The first-order valence-corrected chi connectivity index (χ1v) is 4.00. The lowest BCUT2D eigenvalue weighted by atomic mass is 10.4. The Hall–Kier alpha value is -2.02. The molecular formula is C10H9NO3. The molecule has 0 aromatic carbocycles. The van der Waals surface area contributed by atoms with Crippen LogP contribution in [0.3, 0.4) is 0 Å². The van der Waals surface area contributed by atoms with Crippen molar-refractivity contribution >= 4 is 12.2 Å². The summed E-state index contributed by atoms with van der Waals surface area (Å²) < 4.78 is 4.99. The zero-order valence-electron chi connectivity index (χ0n) is 7.66. The summed E-state index contributed by atoms with van der Waals surface area (Å²) >= 11 is 0. The van der Waals surface area contributed by atoms with Gasteiger partial charge in [-0.15, -0.1) is 0 Å². The topological polar surface area (TPSA) is 59.3 Å². The quantitative estimate of drug-likeness (QED) is 0.549. The van der Waals surface area contributed by atoms with Crippen LogP contribution >= 0.6 is 0 Å². The molecule has 14 heavy (non-hydrogen) atoms. The fraction of sp³-hybridized carbons (Fsp3) is 0.200. The van der Waals surface area contributed by atoms with Crippen LogP contribution in [0.5, 0.6) is 0 Å². The predicted octanol–water partition coefficient (Wildman–Crippen LogP) is 0.580. The van der Waals surface area contributed by atoms with E-state index >= 15 is 0 Å². The van der Waals surface area contributed by atoms with Crippen LogP contribution in [0.25, 0.3) is 0 Å². The van der Waals surface area contributed by atoms with Crippen molar-refractivity contribution in [3.05, 3.63) is 23.7 Å². The Balaban J connectivity index is 2.50. The minimum atomic E-state index is -0.132. The highest BCUT2D eigenvalue weighted by atomic mass is 16.3. The molecule has 0 aliphatic rings. The van der Waals surface area contributed by atoms with Crippen LogP contribution in [0, 0.1) is 11.8 Å². The smallest absolute Gasteiger partial charge is 0.217 e. The van der Waals surface area contributed by atoms with E-state index in [1.165, 1.54) is 13.0 Å². The van der Waals surface area contributed by atoms with Crippen molar-refractivity contribution in [1.29, 1.82) is 0 Å². The number of furan rings is 1. The maximum absolute atomic E-state index is 10.5. The first kappa shape index (κ1) is 10.1. The Bertz CT molecular complexity index is 395. The lowest BCUT2D eigenvalue weighted by Crippen LogP contribution is -2.19. The minimum Gasteiger partial charge on any atom is -0.445 e. The van der Waals surface area contributed by atoms with Gasteiger partial charge in [-0.1, -0.05) is 5.92 Å². The van der Waals surface area contributed by atoms with E-state index in [0.717, 1.165) is 0 Å². The molecule has 1 aromatic heterocycles. The molecule has 4 heteroatoms. The first-order chi connectivity index (χ1) is 6.72. The first-order valence-electron chi connectivity index (χ1n) is 4.00. The summed E-state index contributed by atoms with van der Waals surface area (Å²) in [7, 11) is 0. The molecule has 0 fully saturated rings. The monoisotopic (exact) mass is 191 g/mol. The number of rotatable bonds is 2. The Kier molecular flexibility index (Phi) is 3.50. The summed E-state index contributed by atoms with van der Waals surface area (Å²) in [6.45, 7) is 1.69. The van der Waals surface area contributed by atoms with Gasteiger partial charge in [0.2, 0.25) is 5.91 Å². The second-order valence-electron chi connectivity index (χ2n) is 2.53. The molecular weight excluding hydrogens is 182 g/mol. The van der Waals surface area contributed by atoms with Gasteiger partial charge in [0.25, 0.3) is 0 Å². The molecule has 0 saturated heterocycles. The van der Waals surface area contributed by atoms with Crippen LogP contribution in [0.1, 0.15) is 23.2 Å². The van der Waals surface area contributed by atoms with Gasteiger partial charge < -0.3 is 9.73 Å². The van der Waals surface area contributed by atoms with Crippen molar-refractivity contribution in [1.82, 2.24) is 5.32 Å². The molecule has 72 valence electrons. The summed E-state index contributed by atoms with van der Waals surface area (Å²) in [5.74, 6) is 5.87. The number of hydrogen-bond acceptors (Lipinski definition) is 3. The van der Waals surface area contributed by atoms with E-state index in [1.807, 2.05) is 0 Å². The standard InChI is InChI=1S/C10H9NO3/c1-8(13)11-6-2-3-9-4-5-10(7-12)14-9/h4-5,7H,6H2,1H3,(H,11,13). The van der Waals surface area contributed by atoms with E-state index in [4.69, 9.17) is 4.42 Å². The Morgan fingerprint density at radius 2 is 2.43 bits per heavy atom. The average molecular weight is 191 g/mol. The number of aldehydes is 1. The second kappa shape index (κ2) is 4.87. The van der Waals surface area contributed by atoms with Gasteiger partial charge >= 0.3 is 0 Å². The summed E-state index contributed by atoms with van der Waals surface area (Å²) in [4.78, 5) is 20.7. The molecule has 0 radical (unpaired) electrons. The summed E-state index contributed by atoms with van der Waals surface area (Å²) in [6, 6.07) is 3.14. The molecule has 1 heterocycles. The third kappa shape index (κ3) is 3.15. The molecule has 0 aliphatic carbocycles. The van der Waals surface area contributed by atoms with Crippen LogP contribution in [0.4, 0.5) is 0 Å². The number of amides is 1. The molecule has 0 spiro atoms. The van der Waals surface area contributed by atoms with E-state index in [0.29, 0.717) is 12.0 Å². The van der Waals surface area contributed by atoms with Gasteiger partial charge in [-0.05, 0) is 18.1 Å². The highest BCUT2D eigenvalue weighted by molar-refractivity contribution is 5.73. The predicted molar refractivity (Wildman–Crippen MR) is 49.7 cm³/mol. The lowest BCUT2D eigenvalue weighted by Gasteiger charge is -1.90. The highest BCUT2D eigenvalue weighted by Crippen LogP contribution is 2.02. The highest BCUT2D eigenvalue weighted by Gasteiger charge is 1.95. The number of hydrogen-bond donors (Lipinski definition) is 1. The maximum Gasteiger partial charge on any atom is 0.217 e. The van der Waals surface area contributed by atoms with Crippen LogP contribution < -0.4 is 5.32 Å². The van der Waals surface area contributed by atoms with Crippen molar-refractivity contribution in [2.24, 2.45) is 0 Å². The van der Waals surface area contributed by atoms with E-state index in [1.54, 1.807) is 6.07 Å². The average Bonchev–Trinajstić information content (AvgIpc) is 2.60. The van der Waals surface area contributed by atoms with Crippen LogP contribution in [0.2, 0.25) is 0 Å². The van der Waals surface area contributed by atoms with Gasteiger partial charge in [0, 0.05) is 6.92 Å². The van der Waals surface area contributed by atoms with Crippen molar-refractivity contribution < 1.29 is 14.0 Å². The fourth-order valence-electron chi connectivity index (χ4n) is 0.783. The van der Waals surface area contributed by atoms with E-state index in [9.17, 15) is 9.59 Å². The van der Waals surface area contributed by atoms with Gasteiger partial charge in [0.15, 0.2) is 17.8 Å². The van der Waals surface area contributed by atoms with E-state index < -0.39 is 0 Å². The molecule has 1 N–H and O–H groups in total. The molecule has 1 aromatic rings. The van der Waals surface area contributed by atoms with Crippen LogP contribution in [-0.2, 0) is 4.79 Å². The number of carbonyl (C=O) groups is 2. The van der Waals surface area contributed by atoms with Gasteiger partial charge in [-0.2, -0.15) is 0 Å². The molecule has 4 nitrogen and oxygen atoms in total. The van der Waals surface area contributed by atoms with Crippen molar-refractivity contribution in [2.75, 3.05) is 6.54 Å². The van der Waals surface area contributed by atoms with Gasteiger partial charge in [0.1, 0.15) is 0 Å². The summed E-state index contributed by atoms with van der Waals surface area (Å²) in [5, 5.41) is 2.51. The third-order valence-electron chi connectivity index (χ3n) is 1.38. The zero-order valence-corrected chi connectivity index (χ0v) is 7.66. The maximum atomic E-state index is 10.5.